The van der Waals surface area contributed by atoms with E-state index < -0.39 is 0 Å². The number of carbonyl (C=O) groups is 1. The first kappa shape index (κ1) is 16.5. The molecule has 1 N–H and O–H groups in total. The van der Waals surface area contributed by atoms with Crippen molar-refractivity contribution in [3.63, 3.8) is 0 Å². The molecule has 0 aliphatic rings. The quantitative estimate of drug-likeness (QED) is 0.556. The largest absolute Gasteiger partial charge is 0.454 e. The van der Waals surface area contributed by atoms with E-state index in [2.05, 4.69) is 24.4 Å². The topological polar surface area (TPSA) is 47.2 Å². The molecule has 2 aromatic carbocycles. The lowest BCUT2D eigenvalue weighted by Gasteiger charge is -2.14. The van der Waals surface area contributed by atoms with Crippen molar-refractivity contribution in [2.45, 2.75) is 26.3 Å². The van der Waals surface area contributed by atoms with Gasteiger partial charge in [-0.05, 0) is 30.5 Å². The van der Waals surface area contributed by atoms with Crippen LogP contribution in [0.4, 0.5) is 0 Å². The number of furan rings is 1. The summed E-state index contributed by atoms with van der Waals surface area (Å²) in [5.41, 5.74) is 4.47. The summed E-state index contributed by atoms with van der Waals surface area (Å²) < 4.78 is 7.95. The number of carbonyl (C=O) groups excluding carboxylic acids is 1. The average molecular weight is 346 g/mol. The third kappa shape index (κ3) is 2.77. The van der Waals surface area contributed by atoms with Crippen molar-refractivity contribution in [2.24, 2.45) is 0 Å². The lowest BCUT2D eigenvalue weighted by Crippen LogP contribution is -2.29. The summed E-state index contributed by atoms with van der Waals surface area (Å²) in [7, 11) is 0. The number of nitrogens with zero attached hydrogens (tertiary/aromatic N) is 1. The molecular formula is C22H22N2O2. The van der Waals surface area contributed by atoms with E-state index in [1.165, 1.54) is 5.56 Å². The molecule has 1 amide bonds. The van der Waals surface area contributed by atoms with Crippen molar-refractivity contribution in [1.82, 2.24) is 9.88 Å². The molecular weight excluding hydrogens is 324 g/mol. The second-order valence-corrected chi connectivity index (χ2v) is 6.61. The Morgan fingerprint density at radius 2 is 1.81 bits per heavy atom. The lowest BCUT2D eigenvalue weighted by molar-refractivity contribution is 0.0943. The molecule has 4 aromatic rings. The fourth-order valence-electron chi connectivity index (χ4n) is 3.50. The zero-order valence-corrected chi connectivity index (χ0v) is 15.0. The van der Waals surface area contributed by atoms with Crippen molar-refractivity contribution in [2.75, 3.05) is 6.54 Å². The van der Waals surface area contributed by atoms with Crippen LogP contribution in [0.3, 0.4) is 0 Å². The third-order valence-electron chi connectivity index (χ3n) is 4.91. The predicted molar refractivity (Wildman–Crippen MR) is 105 cm³/mol. The van der Waals surface area contributed by atoms with Gasteiger partial charge in [-0.2, -0.15) is 0 Å². The highest BCUT2D eigenvalue weighted by molar-refractivity contribution is 6.07. The number of rotatable bonds is 5. The fourth-order valence-corrected chi connectivity index (χ4v) is 3.50. The van der Waals surface area contributed by atoms with Crippen LogP contribution in [0.1, 0.15) is 35.8 Å². The highest BCUT2D eigenvalue weighted by Gasteiger charge is 2.20. The maximum Gasteiger partial charge on any atom is 0.268 e. The molecule has 132 valence electrons. The van der Waals surface area contributed by atoms with E-state index in [0.717, 1.165) is 22.1 Å². The normalized spacial score (nSPS) is 12.5. The van der Waals surface area contributed by atoms with Crippen LogP contribution in [0.15, 0.2) is 65.1 Å². The second kappa shape index (κ2) is 6.71. The molecule has 4 nitrogen and oxygen atoms in total. The zero-order chi connectivity index (χ0) is 18.1. The zero-order valence-electron chi connectivity index (χ0n) is 15.0. The number of fused-ring (bicyclic) bond motifs is 3. The standard InChI is InChI=1S/C22H22N2O2/c1-3-24-18(13-20-21(24)17-11-7-8-12-19(17)26-20)22(25)23-14-15(2)16-9-5-4-6-10-16/h4-13,15H,3,14H2,1-2H3,(H,23,25)/t15-/m0/s1. The van der Waals surface area contributed by atoms with Gasteiger partial charge in [0.05, 0.1) is 5.52 Å². The number of amides is 1. The minimum Gasteiger partial charge on any atom is -0.454 e. The van der Waals surface area contributed by atoms with E-state index >= 15 is 0 Å². The second-order valence-electron chi connectivity index (χ2n) is 6.61. The van der Waals surface area contributed by atoms with Gasteiger partial charge in [0.25, 0.3) is 5.91 Å². The molecule has 0 aliphatic carbocycles. The first-order valence-corrected chi connectivity index (χ1v) is 9.03. The number of para-hydroxylation sites is 1. The first-order chi connectivity index (χ1) is 12.7. The lowest BCUT2D eigenvalue weighted by atomic mass is 10.0. The minimum atomic E-state index is -0.0647. The van der Waals surface area contributed by atoms with Gasteiger partial charge in [-0.3, -0.25) is 4.79 Å². The Labute approximate surface area is 152 Å². The minimum absolute atomic E-state index is 0.0647. The molecule has 1 atom stereocenters. The molecule has 4 rings (SSSR count). The molecule has 4 heteroatoms. The number of aromatic nitrogens is 1. The Kier molecular flexibility index (Phi) is 4.25. The SMILES string of the molecule is CCn1c(C(=O)NC[C@H](C)c2ccccc2)cc2oc3ccccc3c21. The van der Waals surface area contributed by atoms with E-state index in [-0.39, 0.29) is 11.8 Å². The van der Waals surface area contributed by atoms with Gasteiger partial charge in [-0.1, -0.05) is 49.4 Å². The van der Waals surface area contributed by atoms with Crippen LogP contribution in [0.25, 0.3) is 22.1 Å². The monoisotopic (exact) mass is 346 g/mol. The van der Waals surface area contributed by atoms with Crippen molar-refractivity contribution < 1.29 is 9.21 Å². The Hall–Kier alpha value is -3.01. The molecule has 26 heavy (non-hydrogen) atoms. The summed E-state index contributed by atoms with van der Waals surface area (Å²) in [6, 6.07) is 20.0. The summed E-state index contributed by atoms with van der Waals surface area (Å²) in [5, 5.41) is 4.11. The highest BCUT2D eigenvalue weighted by atomic mass is 16.3. The maximum absolute atomic E-state index is 12.8. The summed E-state index contributed by atoms with van der Waals surface area (Å²) >= 11 is 0. The Bertz CT molecular complexity index is 1060. The molecule has 0 spiro atoms. The summed E-state index contributed by atoms with van der Waals surface area (Å²) in [5.74, 6) is 0.194. The van der Waals surface area contributed by atoms with Gasteiger partial charge < -0.3 is 14.3 Å². The van der Waals surface area contributed by atoms with E-state index in [1.54, 1.807) is 0 Å². The van der Waals surface area contributed by atoms with Gasteiger partial charge in [-0.15, -0.1) is 0 Å². The third-order valence-corrected chi connectivity index (χ3v) is 4.91. The highest BCUT2D eigenvalue weighted by Crippen LogP contribution is 2.31. The van der Waals surface area contributed by atoms with Crippen molar-refractivity contribution >= 4 is 28.0 Å². The Morgan fingerprint density at radius 1 is 1.08 bits per heavy atom. The molecule has 0 aliphatic heterocycles. The van der Waals surface area contributed by atoms with Crippen molar-refractivity contribution in [1.29, 1.82) is 0 Å². The number of hydrogen-bond acceptors (Lipinski definition) is 2. The number of hydrogen-bond donors (Lipinski definition) is 1. The molecule has 2 heterocycles. The smallest absolute Gasteiger partial charge is 0.268 e. The molecule has 0 unspecified atom stereocenters. The van der Waals surface area contributed by atoms with Gasteiger partial charge >= 0.3 is 0 Å². The summed E-state index contributed by atoms with van der Waals surface area (Å²) in [4.78, 5) is 12.8. The van der Waals surface area contributed by atoms with Crippen LogP contribution in [0.2, 0.25) is 0 Å². The first-order valence-electron chi connectivity index (χ1n) is 9.03. The number of aryl methyl sites for hydroxylation is 1. The Balaban J connectivity index is 1.60. The summed E-state index contributed by atoms with van der Waals surface area (Å²) in [6.45, 7) is 5.47. The molecule has 0 bridgehead atoms. The van der Waals surface area contributed by atoms with E-state index in [4.69, 9.17) is 4.42 Å². The fraction of sp³-hybridized carbons (Fsp3) is 0.227. The van der Waals surface area contributed by atoms with Gasteiger partial charge in [0.2, 0.25) is 0 Å². The van der Waals surface area contributed by atoms with E-state index in [1.807, 2.05) is 60.0 Å². The van der Waals surface area contributed by atoms with E-state index in [0.29, 0.717) is 18.8 Å². The van der Waals surface area contributed by atoms with Crippen molar-refractivity contribution in [3.8, 4) is 0 Å². The molecule has 0 fully saturated rings. The van der Waals surface area contributed by atoms with Crippen LogP contribution in [-0.4, -0.2) is 17.0 Å². The van der Waals surface area contributed by atoms with E-state index in [9.17, 15) is 4.79 Å². The van der Waals surface area contributed by atoms with Crippen LogP contribution >= 0.6 is 0 Å². The van der Waals surface area contributed by atoms with Crippen LogP contribution in [-0.2, 0) is 6.54 Å². The Morgan fingerprint density at radius 3 is 2.58 bits per heavy atom. The van der Waals surface area contributed by atoms with Crippen LogP contribution in [0.5, 0.6) is 0 Å². The average Bonchev–Trinajstić information content (AvgIpc) is 3.22. The van der Waals surface area contributed by atoms with Gasteiger partial charge in [-0.25, -0.2) is 0 Å². The van der Waals surface area contributed by atoms with Gasteiger partial charge in [0.15, 0.2) is 5.58 Å². The molecule has 2 aromatic heterocycles. The van der Waals surface area contributed by atoms with Gasteiger partial charge in [0.1, 0.15) is 11.3 Å². The number of nitrogens with one attached hydrogen (secondary N) is 1. The predicted octanol–water partition coefficient (Wildman–Crippen LogP) is 4.94. The van der Waals surface area contributed by atoms with Gasteiger partial charge in [0, 0.05) is 24.5 Å². The number of benzene rings is 2. The van der Waals surface area contributed by atoms with Crippen LogP contribution < -0.4 is 5.32 Å². The molecule has 0 saturated heterocycles. The molecule has 0 saturated carbocycles. The summed E-state index contributed by atoms with van der Waals surface area (Å²) in [6.07, 6.45) is 0. The molecule has 0 radical (unpaired) electrons. The van der Waals surface area contributed by atoms with Crippen LogP contribution in [0, 0.1) is 0 Å². The van der Waals surface area contributed by atoms with Crippen molar-refractivity contribution in [3.05, 3.63) is 71.9 Å². The maximum atomic E-state index is 12.8.